The number of methoxy groups -OCH3 is 1. The van der Waals surface area contributed by atoms with Gasteiger partial charge in [0.1, 0.15) is 19.0 Å². The van der Waals surface area contributed by atoms with Gasteiger partial charge in [0.2, 0.25) is 5.88 Å². The highest BCUT2D eigenvalue weighted by Crippen LogP contribution is 2.36. The molecular weight excluding hydrogens is 413 g/mol. The zero-order chi connectivity index (χ0) is 22.4. The number of ketones is 1. The van der Waals surface area contributed by atoms with Crippen LogP contribution in [-0.4, -0.2) is 36.9 Å². The van der Waals surface area contributed by atoms with E-state index in [9.17, 15) is 18.0 Å². The Morgan fingerprint density at radius 1 is 1.26 bits per heavy atom. The van der Waals surface area contributed by atoms with Gasteiger partial charge in [-0.05, 0) is 43.5 Å². The van der Waals surface area contributed by atoms with Crippen LogP contribution in [0, 0.1) is 5.92 Å². The number of hydrogen-bond acceptors (Lipinski definition) is 6. The van der Waals surface area contributed by atoms with E-state index < -0.39 is 18.2 Å². The van der Waals surface area contributed by atoms with Crippen molar-refractivity contribution in [1.29, 1.82) is 0 Å². The second kappa shape index (κ2) is 9.80. The number of halogens is 3. The van der Waals surface area contributed by atoms with E-state index in [4.69, 9.17) is 14.3 Å². The summed E-state index contributed by atoms with van der Waals surface area (Å²) in [4.78, 5) is 21.1. The maximum Gasteiger partial charge on any atom is 0.304 e. The molecule has 1 fully saturated rings. The van der Waals surface area contributed by atoms with Crippen LogP contribution < -0.4 is 9.47 Å². The fourth-order valence-electron chi connectivity index (χ4n) is 2.80. The van der Waals surface area contributed by atoms with Gasteiger partial charge in [0, 0.05) is 23.7 Å². The Morgan fingerprint density at radius 2 is 2.03 bits per heavy atom. The highest BCUT2D eigenvalue weighted by molar-refractivity contribution is 5.98. The van der Waals surface area contributed by atoms with E-state index in [1.807, 2.05) is 0 Å². The number of benzene rings is 1. The zero-order valence-electron chi connectivity index (χ0n) is 17.2. The van der Waals surface area contributed by atoms with Gasteiger partial charge in [-0.25, -0.2) is 9.37 Å². The normalized spacial score (nSPS) is 14.3. The lowest BCUT2D eigenvalue weighted by Gasteiger charge is -2.17. The Kier molecular flexibility index (Phi) is 7.14. The summed E-state index contributed by atoms with van der Waals surface area (Å²) < 4.78 is 50.2. The molecule has 2 aromatic rings. The van der Waals surface area contributed by atoms with Crippen molar-refractivity contribution in [3.63, 3.8) is 0 Å². The van der Waals surface area contributed by atoms with Gasteiger partial charge in [-0.15, -0.1) is 0 Å². The van der Waals surface area contributed by atoms with E-state index >= 15 is 0 Å². The minimum atomic E-state index is -3.62. The Labute approximate surface area is 178 Å². The number of hydrogen-bond donors (Lipinski definition) is 0. The summed E-state index contributed by atoms with van der Waals surface area (Å²) >= 11 is 0. The van der Waals surface area contributed by atoms with Crippen LogP contribution in [0.1, 0.15) is 36.5 Å². The molecule has 0 N–H and O–H groups in total. The molecule has 0 unspecified atom stereocenters. The lowest BCUT2D eigenvalue weighted by Crippen LogP contribution is -2.17. The van der Waals surface area contributed by atoms with Crippen molar-refractivity contribution >= 4 is 11.5 Å². The number of aromatic nitrogens is 1. The molecule has 1 heterocycles. The Balaban J connectivity index is 1.56. The third kappa shape index (κ3) is 5.96. The molecule has 31 heavy (non-hydrogen) atoms. The third-order valence-electron chi connectivity index (χ3n) is 4.81. The maximum atomic E-state index is 13.6. The first-order chi connectivity index (χ1) is 14.8. The number of rotatable bonds is 11. The number of nitrogens with zero attached hydrogens (tertiary/aromatic N) is 2. The summed E-state index contributed by atoms with van der Waals surface area (Å²) in [6.07, 6.45) is 3.42. The first-order valence-corrected chi connectivity index (χ1v) is 9.73. The standard InChI is InChI=1S/C22H23F3N2O4/c1-14(17-6-8-21(26-10-17)30-12-19(28)16-4-5-16)27-31-11-15-3-7-18(20(9-15)29-2)22(24,25)13-23/h3,6-10,16H,4-5,11-13H2,1-2H3. The number of oxime groups is 1. The van der Waals surface area contributed by atoms with Gasteiger partial charge < -0.3 is 14.3 Å². The lowest BCUT2D eigenvalue weighted by molar-refractivity contribution is -0.122. The van der Waals surface area contributed by atoms with E-state index in [1.54, 1.807) is 25.3 Å². The second-order valence-electron chi connectivity index (χ2n) is 7.24. The summed E-state index contributed by atoms with van der Waals surface area (Å²) in [6, 6.07) is 7.26. The highest BCUT2D eigenvalue weighted by Gasteiger charge is 2.35. The van der Waals surface area contributed by atoms with Crippen LogP contribution in [0.3, 0.4) is 0 Å². The molecule has 1 aromatic carbocycles. The number of carbonyl (C=O) groups is 1. The zero-order valence-corrected chi connectivity index (χ0v) is 17.2. The van der Waals surface area contributed by atoms with Gasteiger partial charge in [0.25, 0.3) is 0 Å². The first kappa shape index (κ1) is 22.6. The quantitative estimate of drug-likeness (QED) is 0.385. The number of pyridine rings is 1. The molecule has 0 spiro atoms. The minimum Gasteiger partial charge on any atom is -0.496 e. The van der Waals surface area contributed by atoms with Gasteiger partial charge in [-0.2, -0.15) is 8.78 Å². The van der Waals surface area contributed by atoms with E-state index in [-0.39, 0.29) is 30.7 Å². The van der Waals surface area contributed by atoms with Crippen LogP contribution in [0.2, 0.25) is 0 Å². The van der Waals surface area contributed by atoms with Crippen molar-refractivity contribution in [2.45, 2.75) is 32.3 Å². The minimum absolute atomic E-state index is 0.00702. The topological polar surface area (TPSA) is 70.0 Å². The monoisotopic (exact) mass is 436 g/mol. The van der Waals surface area contributed by atoms with Crippen LogP contribution in [0.4, 0.5) is 13.2 Å². The SMILES string of the molecule is COc1cc(CON=C(C)c2ccc(OCC(=O)C3CC3)nc2)ccc1C(F)(F)CF. The van der Waals surface area contributed by atoms with Crippen molar-refractivity contribution in [3.8, 4) is 11.6 Å². The van der Waals surface area contributed by atoms with E-state index in [2.05, 4.69) is 10.1 Å². The van der Waals surface area contributed by atoms with Crippen LogP contribution in [0.15, 0.2) is 41.7 Å². The van der Waals surface area contributed by atoms with Gasteiger partial charge in [-0.1, -0.05) is 11.2 Å². The van der Waals surface area contributed by atoms with E-state index in [0.717, 1.165) is 18.9 Å². The molecule has 6 nitrogen and oxygen atoms in total. The van der Waals surface area contributed by atoms with Crippen molar-refractivity contribution in [1.82, 2.24) is 4.98 Å². The second-order valence-corrected chi connectivity index (χ2v) is 7.24. The third-order valence-corrected chi connectivity index (χ3v) is 4.81. The molecule has 9 heteroatoms. The molecule has 0 radical (unpaired) electrons. The number of carbonyl (C=O) groups excluding carboxylic acids is 1. The molecule has 0 amide bonds. The van der Waals surface area contributed by atoms with Gasteiger partial charge in [0.15, 0.2) is 12.5 Å². The summed E-state index contributed by atoms with van der Waals surface area (Å²) in [5, 5.41) is 4.00. The molecule has 0 bridgehead atoms. The average molecular weight is 436 g/mol. The van der Waals surface area contributed by atoms with Crippen LogP contribution >= 0.6 is 0 Å². The molecule has 1 aliphatic carbocycles. The fourth-order valence-corrected chi connectivity index (χ4v) is 2.80. The molecule has 0 atom stereocenters. The Bertz CT molecular complexity index is 944. The number of ether oxygens (including phenoxy) is 2. The molecule has 1 aliphatic rings. The largest absolute Gasteiger partial charge is 0.496 e. The molecular formula is C22H23F3N2O4. The van der Waals surface area contributed by atoms with Gasteiger partial charge in [0.05, 0.1) is 18.4 Å². The summed E-state index contributed by atoms with van der Waals surface area (Å²) in [6.45, 7) is -0.0587. The first-order valence-electron chi connectivity index (χ1n) is 9.73. The van der Waals surface area contributed by atoms with E-state index in [1.165, 1.54) is 19.2 Å². The molecule has 166 valence electrons. The molecule has 0 saturated heterocycles. The van der Waals surface area contributed by atoms with Crippen molar-refractivity contribution in [3.05, 3.63) is 53.2 Å². The smallest absolute Gasteiger partial charge is 0.304 e. The highest BCUT2D eigenvalue weighted by atomic mass is 19.3. The van der Waals surface area contributed by atoms with Gasteiger partial charge >= 0.3 is 5.92 Å². The lowest BCUT2D eigenvalue weighted by atomic mass is 10.1. The molecule has 0 aliphatic heterocycles. The summed E-state index contributed by atoms with van der Waals surface area (Å²) in [5.41, 5.74) is 1.25. The predicted octanol–water partition coefficient (Wildman–Crippen LogP) is 4.45. The summed E-state index contributed by atoms with van der Waals surface area (Å²) in [7, 11) is 1.24. The predicted molar refractivity (Wildman–Crippen MR) is 107 cm³/mol. The van der Waals surface area contributed by atoms with Crippen molar-refractivity contribution < 1.29 is 32.3 Å². The fraction of sp³-hybridized carbons (Fsp3) is 0.409. The van der Waals surface area contributed by atoms with E-state index in [0.29, 0.717) is 22.7 Å². The summed E-state index contributed by atoms with van der Waals surface area (Å²) in [5.74, 6) is -3.15. The Hall–Kier alpha value is -3.10. The van der Waals surface area contributed by atoms with Crippen LogP contribution in [0.5, 0.6) is 11.6 Å². The average Bonchev–Trinajstić information content (AvgIpc) is 3.63. The number of alkyl halides is 3. The Morgan fingerprint density at radius 3 is 2.65 bits per heavy atom. The van der Waals surface area contributed by atoms with Crippen LogP contribution in [0.25, 0.3) is 0 Å². The molecule has 1 aromatic heterocycles. The number of Topliss-reactive ketones (excluding diaryl/α,β-unsaturated/α-hetero) is 1. The van der Waals surface area contributed by atoms with Crippen molar-refractivity contribution in [2.24, 2.45) is 11.1 Å². The molecule has 3 rings (SSSR count). The van der Waals surface area contributed by atoms with Crippen molar-refractivity contribution in [2.75, 3.05) is 20.4 Å². The van der Waals surface area contributed by atoms with Crippen LogP contribution in [-0.2, 0) is 22.2 Å². The maximum absolute atomic E-state index is 13.6. The van der Waals surface area contributed by atoms with Gasteiger partial charge in [-0.3, -0.25) is 4.79 Å². The molecule has 1 saturated carbocycles.